The smallest absolute Gasteiger partial charge is 0.240 e. The molecule has 1 aliphatic rings. The molecule has 1 aromatic rings. The molecule has 2 rings (SSSR count). The van der Waals surface area contributed by atoms with Gasteiger partial charge in [0.1, 0.15) is 0 Å². The highest BCUT2D eigenvalue weighted by atomic mass is 32.2. The van der Waals surface area contributed by atoms with Gasteiger partial charge in [0.25, 0.3) is 0 Å². The van der Waals surface area contributed by atoms with E-state index in [2.05, 4.69) is 11.6 Å². The van der Waals surface area contributed by atoms with Crippen LogP contribution in [0.5, 0.6) is 0 Å². The average molecular weight is 325 g/mol. The molecule has 0 radical (unpaired) electrons. The highest BCUT2D eigenvalue weighted by Gasteiger charge is 2.34. The van der Waals surface area contributed by atoms with Gasteiger partial charge < -0.3 is 5.11 Å². The molecule has 1 aromatic carbocycles. The van der Waals surface area contributed by atoms with Crippen molar-refractivity contribution in [1.29, 1.82) is 0 Å². The molecule has 0 heterocycles. The Morgan fingerprint density at radius 2 is 1.91 bits per heavy atom. The van der Waals surface area contributed by atoms with E-state index < -0.39 is 10.0 Å². The summed E-state index contributed by atoms with van der Waals surface area (Å²) in [4.78, 5) is 0.299. The van der Waals surface area contributed by atoms with Crippen molar-refractivity contribution >= 4 is 10.0 Å². The average Bonchev–Trinajstić information content (AvgIpc) is 2.48. The first-order valence-corrected chi connectivity index (χ1v) is 9.66. The molecule has 2 N–H and O–H groups in total. The minimum absolute atomic E-state index is 0.0222. The van der Waals surface area contributed by atoms with Gasteiger partial charge in [0.05, 0.1) is 4.90 Å². The molecule has 1 saturated carbocycles. The van der Waals surface area contributed by atoms with E-state index in [9.17, 15) is 13.5 Å². The summed E-state index contributed by atoms with van der Waals surface area (Å²) in [7, 11) is -3.52. The lowest BCUT2D eigenvalue weighted by Crippen LogP contribution is -2.46. The lowest BCUT2D eigenvalue weighted by atomic mass is 9.74. The van der Waals surface area contributed by atoms with Crippen molar-refractivity contribution in [2.45, 2.75) is 56.9 Å². The third-order valence-corrected chi connectivity index (χ3v) is 6.23. The normalized spacial score (nSPS) is 26.0. The van der Waals surface area contributed by atoms with Crippen molar-refractivity contribution in [3.05, 3.63) is 29.8 Å². The molecule has 5 heteroatoms. The fraction of sp³-hybridized carbons (Fsp3) is 0.647. The molecular formula is C17H27NO3S. The number of aryl methyl sites for hydroxylation is 1. The van der Waals surface area contributed by atoms with E-state index in [-0.39, 0.29) is 18.6 Å². The number of aliphatic hydroxyl groups is 1. The second-order valence-electron chi connectivity index (χ2n) is 6.37. The first kappa shape index (κ1) is 17.4. The first-order valence-electron chi connectivity index (χ1n) is 8.17. The van der Waals surface area contributed by atoms with E-state index in [4.69, 9.17) is 0 Å². The summed E-state index contributed by atoms with van der Waals surface area (Å²) in [5.41, 5.74) is 1.04. The fourth-order valence-electron chi connectivity index (χ4n) is 3.49. The lowest BCUT2D eigenvalue weighted by molar-refractivity contribution is 0.104. The van der Waals surface area contributed by atoms with Gasteiger partial charge in [-0.15, -0.1) is 0 Å². The summed E-state index contributed by atoms with van der Waals surface area (Å²) in [6.45, 7) is 4.11. The summed E-state index contributed by atoms with van der Waals surface area (Å²) in [5.74, 6) is 0.434. The van der Waals surface area contributed by atoms with Crippen molar-refractivity contribution in [3.63, 3.8) is 0 Å². The van der Waals surface area contributed by atoms with Crippen molar-refractivity contribution < 1.29 is 13.5 Å². The van der Waals surface area contributed by atoms with Crippen LogP contribution in [0.15, 0.2) is 29.2 Å². The summed E-state index contributed by atoms with van der Waals surface area (Å²) in [5, 5.41) is 9.73. The van der Waals surface area contributed by atoms with Crippen molar-refractivity contribution in [2.24, 2.45) is 11.8 Å². The maximum absolute atomic E-state index is 12.5. The molecule has 3 atom stereocenters. The van der Waals surface area contributed by atoms with E-state index in [1.807, 2.05) is 6.92 Å². The Labute approximate surface area is 134 Å². The second kappa shape index (κ2) is 7.57. The third-order valence-electron chi connectivity index (χ3n) is 4.72. The van der Waals surface area contributed by atoms with Crippen LogP contribution in [0.2, 0.25) is 0 Å². The number of benzene rings is 1. The van der Waals surface area contributed by atoms with Crippen LogP contribution in [0, 0.1) is 18.8 Å². The Kier molecular flexibility index (Phi) is 6.01. The molecule has 0 unspecified atom stereocenters. The highest BCUT2D eigenvalue weighted by Crippen LogP contribution is 2.34. The van der Waals surface area contributed by atoms with Crippen LogP contribution in [0.3, 0.4) is 0 Å². The quantitative estimate of drug-likeness (QED) is 0.845. The Morgan fingerprint density at radius 3 is 2.50 bits per heavy atom. The van der Waals surface area contributed by atoms with Crippen molar-refractivity contribution in [2.75, 3.05) is 6.61 Å². The maximum atomic E-state index is 12.5. The number of aliphatic hydroxyl groups excluding tert-OH is 1. The Bertz CT molecular complexity index is 566. The van der Waals surface area contributed by atoms with Gasteiger partial charge in [-0.1, -0.05) is 43.9 Å². The Morgan fingerprint density at radius 1 is 1.23 bits per heavy atom. The van der Waals surface area contributed by atoms with E-state index in [0.717, 1.165) is 37.7 Å². The second-order valence-corrected chi connectivity index (χ2v) is 8.08. The van der Waals surface area contributed by atoms with E-state index in [1.54, 1.807) is 24.3 Å². The molecular weight excluding hydrogens is 298 g/mol. The van der Waals surface area contributed by atoms with Gasteiger partial charge in [-0.05, 0) is 37.8 Å². The lowest BCUT2D eigenvalue weighted by Gasteiger charge is -2.37. The zero-order valence-corrected chi connectivity index (χ0v) is 14.3. The monoisotopic (exact) mass is 325 g/mol. The standard InChI is InChI=1S/C17H27NO3S/c1-3-5-14-6-4-7-17(16(14)12-19)18-22(20,21)15-10-8-13(2)9-11-15/h8-11,14,16-19H,3-7,12H2,1-2H3/t14-,16-,17-/m0/s1. The van der Waals surface area contributed by atoms with E-state index in [1.165, 1.54) is 0 Å². The minimum Gasteiger partial charge on any atom is -0.396 e. The van der Waals surface area contributed by atoms with Crippen LogP contribution in [-0.4, -0.2) is 26.2 Å². The SMILES string of the molecule is CCC[C@H]1CCC[C@H](NS(=O)(=O)c2ccc(C)cc2)[C@H]1CO. The highest BCUT2D eigenvalue weighted by molar-refractivity contribution is 7.89. The Hall–Kier alpha value is -0.910. The van der Waals surface area contributed by atoms with Gasteiger partial charge in [-0.25, -0.2) is 13.1 Å². The van der Waals surface area contributed by atoms with Crippen LogP contribution in [0.1, 0.15) is 44.6 Å². The number of sulfonamides is 1. The topological polar surface area (TPSA) is 66.4 Å². The van der Waals surface area contributed by atoms with E-state index in [0.29, 0.717) is 10.8 Å². The molecule has 1 aliphatic carbocycles. The van der Waals surface area contributed by atoms with Gasteiger partial charge in [0.2, 0.25) is 10.0 Å². The van der Waals surface area contributed by atoms with Gasteiger partial charge in [0, 0.05) is 18.6 Å². The molecule has 0 amide bonds. The Balaban J connectivity index is 2.14. The van der Waals surface area contributed by atoms with Gasteiger partial charge in [-0.3, -0.25) is 0 Å². The molecule has 0 bridgehead atoms. The molecule has 124 valence electrons. The summed E-state index contributed by atoms with van der Waals surface area (Å²) in [6.07, 6.45) is 5.02. The van der Waals surface area contributed by atoms with E-state index >= 15 is 0 Å². The van der Waals surface area contributed by atoms with Crippen LogP contribution in [0.4, 0.5) is 0 Å². The first-order chi connectivity index (χ1) is 10.5. The maximum Gasteiger partial charge on any atom is 0.240 e. The summed E-state index contributed by atoms with van der Waals surface area (Å²) < 4.78 is 27.9. The largest absolute Gasteiger partial charge is 0.396 e. The predicted octanol–water partition coefficient (Wildman–Crippen LogP) is 2.85. The van der Waals surface area contributed by atoms with Crippen LogP contribution >= 0.6 is 0 Å². The zero-order chi connectivity index (χ0) is 16.2. The van der Waals surface area contributed by atoms with Crippen LogP contribution in [0.25, 0.3) is 0 Å². The summed E-state index contributed by atoms with van der Waals surface area (Å²) >= 11 is 0. The number of hydrogen-bond acceptors (Lipinski definition) is 3. The zero-order valence-electron chi connectivity index (χ0n) is 13.5. The number of nitrogens with one attached hydrogen (secondary N) is 1. The molecule has 22 heavy (non-hydrogen) atoms. The van der Waals surface area contributed by atoms with Crippen LogP contribution in [-0.2, 0) is 10.0 Å². The molecule has 1 fully saturated rings. The molecule has 0 aromatic heterocycles. The van der Waals surface area contributed by atoms with Gasteiger partial charge in [-0.2, -0.15) is 0 Å². The fourth-order valence-corrected chi connectivity index (χ4v) is 4.81. The third kappa shape index (κ3) is 4.09. The molecule has 4 nitrogen and oxygen atoms in total. The summed E-state index contributed by atoms with van der Waals surface area (Å²) in [6, 6.07) is 6.72. The van der Waals surface area contributed by atoms with Gasteiger partial charge >= 0.3 is 0 Å². The van der Waals surface area contributed by atoms with Gasteiger partial charge in [0.15, 0.2) is 0 Å². The molecule has 0 spiro atoms. The van der Waals surface area contributed by atoms with Crippen molar-refractivity contribution in [3.8, 4) is 0 Å². The number of rotatable bonds is 6. The molecule has 0 saturated heterocycles. The predicted molar refractivity (Wildman–Crippen MR) is 88.1 cm³/mol. The van der Waals surface area contributed by atoms with Crippen LogP contribution < -0.4 is 4.72 Å². The number of hydrogen-bond donors (Lipinski definition) is 2. The molecule has 0 aliphatic heterocycles. The minimum atomic E-state index is -3.52. The van der Waals surface area contributed by atoms with Crippen molar-refractivity contribution in [1.82, 2.24) is 4.72 Å².